The second kappa shape index (κ2) is 6.68. The van der Waals surface area contributed by atoms with E-state index in [2.05, 4.69) is 10.3 Å². The van der Waals surface area contributed by atoms with Gasteiger partial charge in [0.2, 0.25) is 11.8 Å². The zero-order valence-corrected chi connectivity index (χ0v) is 13.8. The molecule has 3 heterocycles. The first-order chi connectivity index (χ1) is 11.1. The number of hydrogen-bond acceptors (Lipinski definition) is 5. The molecule has 3 rings (SSSR count). The fourth-order valence-corrected chi connectivity index (χ4v) is 3.82. The molecule has 0 bridgehead atoms. The standard InChI is InChI=1S/C16H24N4O3/c1-11-14(18-23-17-11)9-16(22)20-7-4-3-5-13-10-19(12(2)21)8-6-15(13)20/h13,15H,3-10H2,1-2H3/t13-,15+/m0/s1. The average Bonchev–Trinajstić information content (AvgIpc) is 2.81. The van der Waals surface area contributed by atoms with Gasteiger partial charge >= 0.3 is 0 Å². The summed E-state index contributed by atoms with van der Waals surface area (Å²) in [5.41, 5.74) is 1.30. The third kappa shape index (κ3) is 3.38. The molecule has 2 saturated heterocycles. The fraction of sp³-hybridized carbons (Fsp3) is 0.750. The van der Waals surface area contributed by atoms with Crippen molar-refractivity contribution in [3.63, 3.8) is 0 Å². The molecular formula is C16H24N4O3. The van der Waals surface area contributed by atoms with Crippen molar-refractivity contribution >= 4 is 11.8 Å². The SMILES string of the molecule is CC(=O)N1CC[C@@H]2[C@@H](CCCCN2C(=O)Cc2nonc2C)C1. The summed E-state index contributed by atoms with van der Waals surface area (Å²) in [6.45, 7) is 5.74. The lowest BCUT2D eigenvalue weighted by atomic mass is 9.88. The van der Waals surface area contributed by atoms with Crippen molar-refractivity contribution in [1.82, 2.24) is 20.1 Å². The minimum atomic E-state index is 0.0944. The number of piperidine rings is 1. The molecule has 7 heteroatoms. The molecule has 0 spiro atoms. The zero-order valence-electron chi connectivity index (χ0n) is 13.8. The van der Waals surface area contributed by atoms with Crippen LogP contribution in [0.25, 0.3) is 0 Å². The van der Waals surface area contributed by atoms with Crippen molar-refractivity contribution in [1.29, 1.82) is 0 Å². The van der Waals surface area contributed by atoms with Gasteiger partial charge in [-0.15, -0.1) is 0 Å². The highest BCUT2D eigenvalue weighted by molar-refractivity contribution is 5.79. The first-order valence-corrected chi connectivity index (χ1v) is 8.39. The normalized spacial score (nSPS) is 25.0. The molecule has 0 aliphatic carbocycles. The number of amides is 2. The number of rotatable bonds is 2. The summed E-state index contributed by atoms with van der Waals surface area (Å²) in [6, 6.07) is 0.237. The topological polar surface area (TPSA) is 79.5 Å². The van der Waals surface area contributed by atoms with Crippen LogP contribution in [0.2, 0.25) is 0 Å². The van der Waals surface area contributed by atoms with E-state index in [1.165, 1.54) is 0 Å². The van der Waals surface area contributed by atoms with Crippen LogP contribution in [0.3, 0.4) is 0 Å². The van der Waals surface area contributed by atoms with Crippen LogP contribution in [0.4, 0.5) is 0 Å². The van der Waals surface area contributed by atoms with E-state index in [0.29, 0.717) is 17.3 Å². The van der Waals surface area contributed by atoms with Crippen molar-refractivity contribution in [2.45, 2.75) is 52.0 Å². The first-order valence-electron chi connectivity index (χ1n) is 8.39. The average molecular weight is 320 g/mol. The summed E-state index contributed by atoms with van der Waals surface area (Å²) in [5, 5.41) is 7.57. The Morgan fingerprint density at radius 3 is 2.74 bits per heavy atom. The van der Waals surface area contributed by atoms with Crippen LogP contribution < -0.4 is 0 Å². The molecule has 0 N–H and O–H groups in total. The van der Waals surface area contributed by atoms with Gasteiger partial charge in [0.1, 0.15) is 11.4 Å². The van der Waals surface area contributed by atoms with Gasteiger partial charge in [-0.3, -0.25) is 9.59 Å². The minimum Gasteiger partial charge on any atom is -0.343 e. The minimum absolute atomic E-state index is 0.0944. The lowest BCUT2D eigenvalue weighted by Gasteiger charge is -2.42. The molecule has 1 aromatic heterocycles. The number of carbonyl (C=O) groups is 2. The van der Waals surface area contributed by atoms with Crippen molar-refractivity contribution in [3.8, 4) is 0 Å². The summed E-state index contributed by atoms with van der Waals surface area (Å²) in [7, 11) is 0. The Balaban J connectivity index is 1.72. The maximum atomic E-state index is 12.8. The summed E-state index contributed by atoms with van der Waals surface area (Å²) >= 11 is 0. The number of likely N-dealkylation sites (tertiary alicyclic amines) is 2. The predicted octanol–water partition coefficient (Wildman–Crippen LogP) is 1.17. The predicted molar refractivity (Wildman–Crippen MR) is 82.5 cm³/mol. The molecule has 2 atom stereocenters. The number of carbonyl (C=O) groups excluding carboxylic acids is 2. The third-order valence-electron chi connectivity index (χ3n) is 5.15. The van der Waals surface area contributed by atoms with Gasteiger partial charge in [-0.25, -0.2) is 4.63 Å². The Kier molecular flexibility index (Phi) is 4.63. The van der Waals surface area contributed by atoms with Crippen molar-refractivity contribution in [3.05, 3.63) is 11.4 Å². The van der Waals surface area contributed by atoms with E-state index < -0.39 is 0 Å². The Labute approximate surface area is 136 Å². The molecule has 2 amide bonds. The number of hydrogen-bond donors (Lipinski definition) is 0. The maximum Gasteiger partial charge on any atom is 0.229 e. The monoisotopic (exact) mass is 320 g/mol. The number of aryl methyl sites for hydroxylation is 1. The second-order valence-corrected chi connectivity index (χ2v) is 6.64. The largest absolute Gasteiger partial charge is 0.343 e. The highest BCUT2D eigenvalue weighted by Gasteiger charge is 2.37. The quantitative estimate of drug-likeness (QED) is 0.817. The van der Waals surface area contributed by atoms with Crippen LogP contribution in [0, 0.1) is 12.8 Å². The highest BCUT2D eigenvalue weighted by atomic mass is 16.6. The first kappa shape index (κ1) is 16.0. The van der Waals surface area contributed by atoms with Crippen LogP contribution in [-0.4, -0.2) is 57.6 Å². The molecule has 2 aliphatic rings. The summed E-state index contributed by atoms with van der Waals surface area (Å²) in [5.74, 6) is 0.613. The number of nitrogens with zero attached hydrogens (tertiary/aromatic N) is 4. The van der Waals surface area contributed by atoms with E-state index in [9.17, 15) is 9.59 Å². The number of fused-ring (bicyclic) bond motifs is 1. The van der Waals surface area contributed by atoms with Gasteiger partial charge < -0.3 is 9.80 Å². The van der Waals surface area contributed by atoms with Gasteiger partial charge in [0.15, 0.2) is 0 Å². The molecule has 1 aromatic rings. The van der Waals surface area contributed by atoms with Gasteiger partial charge in [0, 0.05) is 32.6 Å². The van der Waals surface area contributed by atoms with E-state index >= 15 is 0 Å². The molecule has 2 fully saturated rings. The lowest BCUT2D eigenvalue weighted by Crippen LogP contribution is -2.53. The van der Waals surface area contributed by atoms with Crippen LogP contribution in [-0.2, 0) is 16.0 Å². The molecule has 0 saturated carbocycles. The van der Waals surface area contributed by atoms with E-state index in [0.717, 1.165) is 45.3 Å². The lowest BCUT2D eigenvalue weighted by molar-refractivity contribution is -0.137. The van der Waals surface area contributed by atoms with Gasteiger partial charge in [-0.05, 0) is 32.1 Å². The van der Waals surface area contributed by atoms with Gasteiger partial charge in [-0.2, -0.15) is 0 Å². The van der Waals surface area contributed by atoms with Crippen molar-refractivity contribution < 1.29 is 14.2 Å². The molecule has 7 nitrogen and oxygen atoms in total. The fourth-order valence-electron chi connectivity index (χ4n) is 3.82. The van der Waals surface area contributed by atoms with Crippen LogP contribution >= 0.6 is 0 Å². The molecule has 126 valence electrons. The summed E-state index contributed by atoms with van der Waals surface area (Å²) < 4.78 is 4.69. The molecule has 2 aliphatic heterocycles. The summed E-state index contributed by atoms with van der Waals surface area (Å²) in [6.07, 6.45) is 4.33. The van der Waals surface area contributed by atoms with E-state index in [1.54, 1.807) is 13.8 Å². The van der Waals surface area contributed by atoms with Gasteiger partial charge in [0.05, 0.1) is 6.42 Å². The van der Waals surface area contributed by atoms with Crippen LogP contribution in [0.15, 0.2) is 4.63 Å². The third-order valence-corrected chi connectivity index (χ3v) is 5.15. The maximum absolute atomic E-state index is 12.8. The van der Waals surface area contributed by atoms with Crippen LogP contribution in [0.5, 0.6) is 0 Å². The Morgan fingerprint density at radius 2 is 2.04 bits per heavy atom. The highest BCUT2D eigenvalue weighted by Crippen LogP contribution is 2.30. The molecular weight excluding hydrogens is 296 g/mol. The van der Waals surface area contributed by atoms with E-state index in [-0.39, 0.29) is 24.3 Å². The van der Waals surface area contributed by atoms with E-state index in [1.807, 2.05) is 9.80 Å². The van der Waals surface area contributed by atoms with Crippen molar-refractivity contribution in [2.24, 2.45) is 5.92 Å². The Hall–Kier alpha value is -1.92. The Bertz CT molecular complexity index is 586. The van der Waals surface area contributed by atoms with Gasteiger partial charge in [-0.1, -0.05) is 16.7 Å². The van der Waals surface area contributed by atoms with Gasteiger partial charge in [0.25, 0.3) is 0 Å². The second-order valence-electron chi connectivity index (χ2n) is 6.64. The molecule has 0 unspecified atom stereocenters. The Morgan fingerprint density at radius 1 is 1.22 bits per heavy atom. The van der Waals surface area contributed by atoms with Crippen molar-refractivity contribution in [2.75, 3.05) is 19.6 Å². The molecule has 23 heavy (non-hydrogen) atoms. The molecule has 0 aromatic carbocycles. The number of aromatic nitrogens is 2. The molecule has 0 radical (unpaired) electrons. The smallest absolute Gasteiger partial charge is 0.229 e. The summed E-state index contributed by atoms with van der Waals surface area (Å²) in [4.78, 5) is 28.4. The van der Waals surface area contributed by atoms with Crippen LogP contribution in [0.1, 0.15) is 44.0 Å². The van der Waals surface area contributed by atoms with E-state index in [4.69, 9.17) is 4.63 Å². The zero-order chi connectivity index (χ0) is 16.4.